The van der Waals surface area contributed by atoms with Crippen molar-refractivity contribution >= 4 is 11.6 Å². The van der Waals surface area contributed by atoms with Crippen LogP contribution in [0.2, 0.25) is 5.02 Å². The van der Waals surface area contributed by atoms with Crippen LogP contribution in [-0.4, -0.2) is 17.3 Å². The van der Waals surface area contributed by atoms with Crippen LogP contribution in [0.5, 0.6) is 17.4 Å². The van der Waals surface area contributed by atoms with E-state index in [1.54, 1.807) is 13.2 Å². The number of nitrogens with one attached hydrogen (secondary N) is 1. The number of nitriles is 1. The molecule has 3 N–H and O–H groups in total. The van der Waals surface area contributed by atoms with Crippen LogP contribution in [0.4, 0.5) is 0 Å². The molecule has 1 aliphatic heterocycles. The number of benzene rings is 2. The molecule has 32 heavy (non-hydrogen) atoms. The molecule has 3 aromatic rings. The summed E-state index contributed by atoms with van der Waals surface area (Å²) in [6.45, 7) is 2.32. The van der Waals surface area contributed by atoms with Gasteiger partial charge in [-0.3, -0.25) is 5.10 Å². The van der Waals surface area contributed by atoms with Crippen molar-refractivity contribution in [2.75, 3.05) is 7.11 Å². The van der Waals surface area contributed by atoms with Gasteiger partial charge < -0.3 is 19.9 Å². The molecule has 0 unspecified atom stereocenters. The Hall–Kier alpha value is -3.63. The third-order valence-corrected chi connectivity index (χ3v) is 5.69. The minimum atomic E-state index is -0.408. The Kier molecular flexibility index (Phi) is 6.24. The fourth-order valence-corrected chi connectivity index (χ4v) is 4.08. The zero-order chi connectivity index (χ0) is 22.7. The SMILES string of the molecule is CCCc1[nH]nc2c1[C@H](c1ccc(OC)c(COc3ccccc3Cl)c1)C(C#N)=C(N)O2. The van der Waals surface area contributed by atoms with Crippen LogP contribution in [-0.2, 0) is 13.0 Å². The maximum Gasteiger partial charge on any atom is 0.244 e. The molecule has 1 aromatic heterocycles. The van der Waals surface area contributed by atoms with Crippen LogP contribution in [0, 0.1) is 11.3 Å². The van der Waals surface area contributed by atoms with Crippen molar-refractivity contribution in [2.24, 2.45) is 5.73 Å². The highest BCUT2D eigenvalue weighted by molar-refractivity contribution is 6.32. The van der Waals surface area contributed by atoms with Crippen molar-refractivity contribution in [3.63, 3.8) is 0 Å². The fraction of sp³-hybridized carbons (Fsp3) is 0.250. The molecule has 1 aliphatic rings. The zero-order valence-corrected chi connectivity index (χ0v) is 18.6. The molecule has 0 bridgehead atoms. The van der Waals surface area contributed by atoms with Crippen LogP contribution >= 0.6 is 11.6 Å². The third-order valence-electron chi connectivity index (χ3n) is 5.38. The van der Waals surface area contributed by atoms with E-state index in [-0.39, 0.29) is 12.5 Å². The molecule has 0 fully saturated rings. The molecule has 2 heterocycles. The highest BCUT2D eigenvalue weighted by Gasteiger charge is 2.35. The summed E-state index contributed by atoms with van der Waals surface area (Å²) in [6, 6.07) is 15.3. The molecule has 8 heteroatoms. The first-order valence-electron chi connectivity index (χ1n) is 10.3. The highest BCUT2D eigenvalue weighted by Crippen LogP contribution is 2.44. The summed E-state index contributed by atoms with van der Waals surface area (Å²) >= 11 is 6.23. The number of aryl methyl sites for hydroxylation is 1. The summed E-state index contributed by atoms with van der Waals surface area (Å²) < 4.78 is 17.1. The number of allylic oxidation sites excluding steroid dienone is 1. The van der Waals surface area contributed by atoms with Gasteiger partial charge in [-0.15, -0.1) is 5.10 Å². The Morgan fingerprint density at radius 1 is 1.25 bits per heavy atom. The Morgan fingerprint density at radius 3 is 2.78 bits per heavy atom. The van der Waals surface area contributed by atoms with Crippen molar-refractivity contribution < 1.29 is 14.2 Å². The van der Waals surface area contributed by atoms with Gasteiger partial charge in [0.05, 0.1) is 18.1 Å². The smallest absolute Gasteiger partial charge is 0.244 e. The number of aromatic nitrogens is 2. The molecule has 1 atom stereocenters. The number of ether oxygens (including phenoxy) is 3. The molecule has 164 valence electrons. The lowest BCUT2D eigenvalue weighted by molar-refractivity contribution is 0.296. The summed E-state index contributed by atoms with van der Waals surface area (Å²) in [5.41, 5.74) is 9.87. The van der Waals surface area contributed by atoms with Gasteiger partial charge in [-0.2, -0.15) is 5.26 Å². The second-order valence-electron chi connectivity index (χ2n) is 7.39. The molecule has 0 saturated carbocycles. The number of aromatic amines is 1. The highest BCUT2D eigenvalue weighted by atomic mass is 35.5. The molecular weight excluding hydrogens is 428 g/mol. The number of halogens is 1. The Bertz CT molecular complexity index is 1210. The van der Waals surface area contributed by atoms with Crippen molar-refractivity contribution in [1.29, 1.82) is 5.26 Å². The van der Waals surface area contributed by atoms with Gasteiger partial charge in [-0.1, -0.05) is 43.1 Å². The molecule has 0 saturated heterocycles. The van der Waals surface area contributed by atoms with Gasteiger partial charge in [0.2, 0.25) is 11.8 Å². The van der Waals surface area contributed by atoms with Gasteiger partial charge in [0.1, 0.15) is 29.7 Å². The molecule has 0 amide bonds. The summed E-state index contributed by atoms with van der Waals surface area (Å²) in [7, 11) is 1.61. The van der Waals surface area contributed by atoms with Crippen molar-refractivity contribution in [1.82, 2.24) is 10.2 Å². The van der Waals surface area contributed by atoms with E-state index in [1.165, 1.54) is 0 Å². The van der Waals surface area contributed by atoms with E-state index in [1.807, 2.05) is 36.4 Å². The maximum absolute atomic E-state index is 9.87. The molecule has 7 nitrogen and oxygen atoms in total. The van der Waals surface area contributed by atoms with Crippen molar-refractivity contribution in [2.45, 2.75) is 32.3 Å². The van der Waals surface area contributed by atoms with Crippen LogP contribution in [0.3, 0.4) is 0 Å². The van der Waals surface area contributed by atoms with E-state index in [2.05, 4.69) is 23.2 Å². The van der Waals surface area contributed by atoms with E-state index in [0.29, 0.717) is 28.0 Å². The molecule has 4 rings (SSSR count). The maximum atomic E-state index is 9.87. The predicted molar refractivity (Wildman–Crippen MR) is 121 cm³/mol. The topological polar surface area (TPSA) is 106 Å². The van der Waals surface area contributed by atoms with Gasteiger partial charge in [0.25, 0.3) is 0 Å². The van der Waals surface area contributed by atoms with Gasteiger partial charge in [0, 0.05) is 16.8 Å². The zero-order valence-electron chi connectivity index (χ0n) is 17.8. The number of H-pyrrole nitrogens is 1. The fourth-order valence-electron chi connectivity index (χ4n) is 3.89. The number of methoxy groups -OCH3 is 1. The lowest BCUT2D eigenvalue weighted by Crippen LogP contribution is -2.21. The second kappa shape index (κ2) is 9.25. The summed E-state index contributed by atoms with van der Waals surface area (Å²) in [4.78, 5) is 0. The van der Waals surface area contributed by atoms with E-state index in [9.17, 15) is 5.26 Å². The van der Waals surface area contributed by atoms with E-state index >= 15 is 0 Å². The van der Waals surface area contributed by atoms with Crippen LogP contribution in [0.1, 0.15) is 41.6 Å². The normalized spacial score (nSPS) is 15.0. The number of fused-ring (bicyclic) bond motifs is 1. The van der Waals surface area contributed by atoms with E-state index in [4.69, 9.17) is 31.5 Å². The number of rotatable bonds is 7. The number of hydrogen-bond donors (Lipinski definition) is 2. The first-order chi connectivity index (χ1) is 15.6. The quantitative estimate of drug-likeness (QED) is 0.534. The van der Waals surface area contributed by atoms with Crippen molar-refractivity contribution in [3.05, 3.63) is 81.3 Å². The second-order valence-corrected chi connectivity index (χ2v) is 7.79. The Balaban J connectivity index is 1.76. The largest absolute Gasteiger partial charge is 0.496 e. The molecule has 0 radical (unpaired) electrons. The first kappa shape index (κ1) is 21.6. The van der Waals surface area contributed by atoms with Crippen LogP contribution in [0.25, 0.3) is 0 Å². The number of para-hydroxylation sites is 1. The van der Waals surface area contributed by atoms with E-state index < -0.39 is 5.92 Å². The van der Waals surface area contributed by atoms with Gasteiger partial charge in [-0.05, 0) is 36.2 Å². The molecule has 0 aliphatic carbocycles. The summed E-state index contributed by atoms with van der Waals surface area (Å²) in [5, 5.41) is 17.7. The minimum Gasteiger partial charge on any atom is -0.496 e. The average molecular weight is 451 g/mol. The van der Waals surface area contributed by atoms with Crippen LogP contribution in [0.15, 0.2) is 53.9 Å². The molecule has 0 spiro atoms. The lowest BCUT2D eigenvalue weighted by atomic mass is 9.83. The van der Waals surface area contributed by atoms with Gasteiger partial charge >= 0.3 is 0 Å². The first-order valence-corrected chi connectivity index (χ1v) is 10.6. The number of hydrogen-bond acceptors (Lipinski definition) is 6. The average Bonchev–Trinajstić information content (AvgIpc) is 3.19. The van der Waals surface area contributed by atoms with Crippen molar-refractivity contribution in [3.8, 4) is 23.4 Å². The standard InChI is InChI=1S/C24H23ClN4O3/c1-3-6-18-22-21(16(12-26)23(27)32-24(22)29-28-18)14-9-10-19(30-2)15(11-14)13-31-20-8-5-4-7-17(20)25/h4-5,7-11,21H,3,6,13,27H2,1-2H3,(H,28,29)/t21-/m1/s1. The van der Waals surface area contributed by atoms with Gasteiger partial charge in [0.15, 0.2) is 0 Å². The Labute approximate surface area is 191 Å². The summed E-state index contributed by atoms with van der Waals surface area (Å²) in [6.07, 6.45) is 1.70. The third kappa shape index (κ3) is 3.97. The minimum absolute atomic E-state index is 0.0595. The number of nitrogens with zero attached hydrogens (tertiary/aromatic N) is 2. The van der Waals surface area contributed by atoms with Gasteiger partial charge in [-0.25, -0.2) is 0 Å². The number of nitrogens with two attached hydrogens (primary N) is 1. The molecule has 2 aromatic carbocycles. The Morgan fingerprint density at radius 2 is 2.06 bits per heavy atom. The van der Waals surface area contributed by atoms with E-state index in [0.717, 1.165) is 35.2 Å². The summed E-state index contributed by atoms with van der Waals surface area (Å²) in [5.74, 6) is 1.30. The molecular formula is C24H23ClN4O3. The lowest BCUT2D eigenvalue weighted by Gasteiger charge is -2.25. The monoisotopic (exact) mass is 450 g/mol. The predicted octanol–water partition coefficient (Wildman–Crippen LogP) is 4.82. The van der Waals surface area contributed by atoms with Crippen LogP contribution < -0.4 is 19.9 Å².